The fourth-order valence-electron chi connectivity index (χ4n) is 3.55. The number of rotatable bonds is 8. The Labute approximate surface area is 184 Å². The van der Waals surface area contributed by atoms with E-state index in [4.69, 9.17) is 9.47 Å². The molecule has 2 aromatic rings. The summed E-state index contributed by atoms with van der Waals surface area (Å²) < 4.78 is 10.1. The number of nitrogens with zero attached hydrogens (tertiary/aromatic N) is 4. The van der Waals surface area contributed by atoms with Crippen molar-refractivity contribution in [2.75, 3.05) is 36.5 Å². The number of nitrogens with one attached hydrogen (secondary N) is 1. The van der Waals surface area contributed by atoms with Crippen molar-refractivity contribution in [1.82, 2.24) is 9.97 Å². The molecule has 1 fully saturated rings. The van der Waals surface area contributed by atoms with Crippen molar-refractivity contribution >= 4 is 34.9 Å². The lowest BCUT2D eigenvalue weighted by molar-refractivity contribution is -0.383. The fraction of sp³-hybridized carbons (Fsp3) is 0.429. The third-order valence-corrected chi connectivity index (χ3v) is 5.08. The molecule has 0 bridgehead atoms. The summed E-state index contributed by atoms with van der Waals surface area (Å²) in [7, 11) is 0. The second-order valence-electron chi connectivity index (χ2n) is 7.06. The molecule has 1 N–H and O–H groups in total. The second-order valence-corrected chi connectivity index (χ2v) is 7.06. The van der Waals surface area contributed by atoms with E-state index in [0.717, 1.165) is 0 Å². The highest BCUT2D eigenvalue weighted by Gasteiger charge is 2.32. The van der Waals surface area contributed by atoms with E-state index in [9.17, 15) is 19.7 Å². The maximum atomic E-state index is 12.2. The van der Waals surface area contributed by atoms with Crippen LogP contribution in [0, 0.1) is 16.0 Å². The van der Waals surface area contributed by atoms with Gasteiger partial charge in [0, 0.05) is 13.1 Å². The van der Waals surface area contributed by atoms with Gasteiger partial charge in [-0.05, 0) is 38.8 Å². The molecule has 0 unspecified atom stereocenters. The van der Waals surface area contributed by atoms with E-state index in [0.29, 0.717) is 38.2 Å². The van der Waals surface area contributed by atoms with Gasteiger partial charge in [-0.3, -0.25) is 14.9 Å². The average Bonchev–Trinajstić information content (AvgIpc) is 2.79. The summed E-state index contributed by atoms with van der Waals surface area (Å²) in [6.07, 6.45) is 2.25. The lowest BCUT2D eigenvalue weighted by Gasteiger charge is -2.31. The fourth-order valence-corrected chi connectivity index (χ4v) is 3.55. The summed E-state index contributed by atoms with van der Waals surface area (Å²) in [5.74, 6) is -0.912. The zero-order valence-corrected chi connectivity index (χ0v) is 17.9. The van der Waals surface area contributed by atoms with E-state index in [1.807, 2.05) is 0 Å². The van der Waals surface area contributed by atoms with E-state index in [1.165, 1.54) is 6.33 Å². The normalized spacial score (nSPS) is 14.0. The number of esters is 2. The van der Waals surface area contributed by atoms with Gasteiger partial charge in [-0.2, -0.15) is 0 Å². The minimum Gasteiger partial charge on any atom is -0.466 e. The van der Waals surface area contributed by atoms with Crippen molar-refractivity contribution < 1.29 is 24.0 Å². The van der Waals surface area contributed by atoms with E-state index in [1.54, 1.807) is 43.0 Å². The van der Waals surface area contributed by atoms with Crippen LogP contribution in [0.1, 0.15) is 37.0 Å². The first-order chi connectivity index (χ1) is 15.5. The van der Waals surface area contributed by atoms with Crippen molar-refractivity contribution in [3.63, 3.8) is 0 Å². The number of hydrogen-bond donors (Lipinski definition) is 1. The van der Waals surface area contributed by atoms with Crippen LogP contribution in [0.4, 0.5) is 23.0 Å². The highest BCUT2D eigenvalue weighted by atomic mass is 16.6. The summed E-state index contributed by atoms with van der Waals surface area (Å²) in [4.78, 5) is 45.6. The van der Waals surface area contributed by atoms with Gasteiger partial charge in [-0.25, -0.2) is 14.8 Å². The molecule has 1 aromatic heterocycles. The largest absolute Gasteiger partial charge is 0.466 e. The Morgan fingerprint density at radius 1 is 1.16 bits per heavy atom. The molecule has 170 valence electrons. The van der Waals surface area contributed by atoms with Crippen molar-refractivity contribution in [3.05, 3.63) is 46.3 Å². The minimum atomic E-state index is -0.553. The van der Waals surface area contributed by atoms with Crippen LogP contribution in [0.2, 0.25) is 0 Å². The molecule has 1 aliphatic heterocycles. The first-order valence-corrected chi connectivity index (χ1v) is 10.4. The highest BCUT2D eigenvalue weighted by molar-refractivity contribution is 5.97. The third kappa shape index (κ3) is 5.10. The van der Waals surface area contributed by atoms with Crippen molar-refractivity contribution in [2.24, 2.45) is 5.92 Å². The number of para-hydroxylation sites is 1. The highest BCUT2D eigenvalue weighted by Crippen LogP contribution is 2.36. The molecule has 1 aliphatic rings. The summed E-state index contributed by atoms with van der Waals surface area (Å²) in [6, 6.07) is 6.54. The number of nitro groups is 1. The molecular weight excluding hydrogens is 418 g/mol. The molecule has 0 saturated carbocycles. The second kappa shape index (κ2) is 10.5. The molecule has 0 atom stereocenters. The van der Waals surface area contributed by atoms with E-state index >= 15 is 0 Å². The van der Waals surface area contributed by atoms with Gasteiger partial charge < -0.3 is 19.7 Å². The first kappa shape index (κ1) is 22.9. The SMILES string of the molecule is CCOC(=O)c1ccccc1Nc1ncnc(N2CCC(C(=O)OCC)CC2)c1[N+](=O)[O-]. The number of carbonyl (C=O) groups excluding carboxylic acids is 2. The molecule has 11 nitrogen and oxygen atoms in total. The Kier molecular flexibility index (Phi) is 7.53. The molecule has 2 heterocycles. The molecule has 0 radical (unpaired) electrons. The number of ether oxygens (including phenoxy) is 2. The number of aromatic nitrogens is 2. The molecule has 11 heteroatoms. The molecule has 1 aromatic carbocycles. The lowest BCUT2D eigenvalue weighted by Crippen LogP contribution is -2.37. The van der Waals surface area contributed by atoms with Gasteiger partial charge in [-0.15, -0.1) is 0 Å². The first-order valence-electron chi connectivity index (χ1n) is 10.4. The van der Waals surface area contributed by atoms with Crippen molar-refractivity contribution in [2.45, 2.75) is 26.7 Å². The molecule has 1 saturated heterocycles. The predicted molar refractivity (Wildman–Crippen MR) is 116 cm³/mol. The van der Waals surface area contributed by atoms with Gasteiger partial charge in [0.05, 0.1) is 35.3 Å². The van der Waals surface area contributed by atoms with Crippen LogP contribution in [0.15, 0.2) is 30.6 Å². The van der Waals surface area contributed by atoms with Gasteiger partial charge in [-0.1, -0.05) is 12.1 Å². The van der Waals surface area contributed by atoms with Crippen LogP contribution in [-0.4, -0.2) is 53.1 Å². The number of anilines is 3. The Bertz CT molecular complexity index is 990. The lowest BCUT2D eigenvalue weighted by atomic mass is 9.97. The van der Waals surface area contributed by atoms with Gasteiger partial charge in [0.25, 0.3) is 0 Å². The monoisotopic (exact) mass is 443 g/mol. The summed E-state index contributed by atoms with van der Waals surface area (Å²) in [5.41, 5.74) is 0.263. The summed E-state index contributed by atoms with van der Waals surface area (Å²) in [6.45, 7) is 4.80. The van der Waals surface area contributed by atoms with Crippen LogP contribution in [0.3, 0.4) is 0 Å². The van der Waals surface area contributed by atoms with E-state index in [-0.39, 0.29) is 41.4 Å². The molecule has 32 heavy (non-hydrogen) atoms. The zero-order chi connectivity index (χ0) is 23.1. The number of benzene rings is 1. The molecule has 0 spiro atoms. The molecule has 3 rings (SSSR count). The molecule has 0 amide bonds. The smallest absolute Gasteiger partial charge is 0.353 e. The van der Waals surface area contributed by atoms with Gasteiger partial charge in [0.1, 0.15) is 6.33 Å². The topological polar surface area (TPSA) is 137 Å². The Morgan fingerprint density at radius 2 is 1.84 bits per heavy atom. The maximum absolute atomic E-state index is 12.2. The van der Waals surface area contributed by atoms with Gasteiger partial charge >= 0.3 is 17.6 Å². The van der Waals surface area contributed by atoms with Crippen LogP contribution in [0.5, 0.6) is 0 Å². The van der Waals surface area contributed by atoms with Crippen LogP contribution < -0.4 is 10.2 Å². The average molecular weight is 443 g/mol. The zero-order valence-electron chi connectivity index (χ0n) is 17.9. The number of hydrogen-bond acceptors (Lipinski definition) is 10. The van der Waals surface area contributed by atoms with Crippen LogP contribution in [0.25, 0.3) is 0 Å². The number of carbonyl (C=O) groups is 2. The quantitative estimate of drug-likeness (QED) is 0.368. The van der Waals surface area contributed by atoms with Crippen LogP contribution >= 0.6 is 0 Å². The van der Waals surface area contributed by atoms with Gasteiger partial charge in [0.2, 0.25) is 11.6 Å². The third-order valence-electron chi connectivity index (χ3n) is 5.08. The standard InChI is InChI=1S/C21H25N5O6/c1-3-31-20(27)14-9-11-25(12-10-14)19-17(26(29)30)18(22-13-23-19)24-16-8-6-5-7-15(16)21(28)32-4-2/h5-8,13-14H,3-4,9-12H2,1-2H3,(H,22,23,24). The Hall–Kier alpha value is -3.76. The predicted octanol–water partition coefficient (Wildman–Crippen LogP) is 3.08. The van der Waals surface area contributed by atoms with E-state index < -0.39 is 10.9 Å². The molecular formula is C21H25N5O6. The molecule has 0 aliphatic carbocycles. The summed E-state index contributed by atoms with van der Waals surface area (Å²) >= 11 is 0. The van der Waals surface area contributed by atoms with Crippen LogP contribution in [-0.2, 0) is 14.3 Å². The summed E-state index contributed by atoms with van der Waals surface area (Å²) in [5, 5.41) is 14.8. The van der Waals surface area contributed by atoms with E-state index in [2.05, 4.69) is 15.3 Å². The van der Waals surface area contributed by atoms with Crippen molar-refractivity contribution in [1.29, 1.82) is 0 Å². The van der Waals surface area contributed by atoms with Crippen molar-refractivity contribution in [3.8, 4) is 0 Å². The minimum absolute atomic E-state index is 0.0377. The maximum Gasteiger partial charge on any atom is 0.353 e. The Morgan fingerprint density at radius 3 is 2.50 bits per heavy atom. The number of piperidine rings is 1. The Balaban J connectivity index is 1.87. The van der Waals surface area contributed by atoms with Gasteiger partial charge in [0.15, 0.2) is 0 Å².